The summed E-state index contributed by atoms with van der Waals surface area (Å²) in [6, 6.07) is 25.4. The van der Waals surface area contributed by atoms with E-state index in [1.54, 1.807) is 25.5 Å². The summed E-state index contributed by atoms with van der Waals surface area (Å²) < 4.78 is 25.7. The number of aliphatic hydroxyl groups is 1. The number of methoxy groups -OCH3 is 2. The fraction of sp³-hybridized carbons (Fsp3) is 0.294. The van der Waals surface area contributed by atoms with Crippen molar-refractivity contribution in [3.63, 3.8) is 0 Å². The van der Waals surface area contributed by atoms with E-state index >= 15 is 0 Å². The summed E-state index contributed by atoms with van der Waals surface area (Å²) in [5.74, 6) is 1.57. The molecule has 2 N–H and O–H groups in total. The Bertz CT molecular complexity index is 1810. The number of aromatic amines is 1. The van der Waals surface area contributed by atoms with Crippen LogP contribution in [-0.4, -0.2) is 83.2 Å². The third-order valence-corrected chi connectivity index (χ3v) is 7.98. The van der Waals surface area contributed by atoms with Crippen LogP contribution in [0.4, 0.5) is 5.95 Å². The van der Waals surface area contributed by atoms with Crippen molar-refractivity contribution in [1.29, 1.82) is 0 Å². The molecule has 3 atom stereocenters. The van der Waals surface area contributed by atoms with Gasteiger partial charge in [-0.15, -0.1) is 0 Å². The molecule has 0 aliphatic carbocycles. The predicted octanol–water partition coefficient (Wildman–Crippen LogP) is 4.02. The van der Waals surface area contributed by atoms with Gasteiger partial charge >= 0.3 is 0 Å². The number of hydrogen-bond donors (Lipinski definition) is 2. The molecule has 12 heteroatoms. The van der Waals surface area contributed by atoms with E-state index in [0.717, 1.165) is 16.7 Å². The topological polar surface area (TPSA) is 136 Å². The van der Waals surface area contributed by atoms with Gasteiger partial charge in [0.1, 0.15) is 28.6 Å². The molecule has 6 rings (SSSR count). The van der Waals surface area contributed by atoms with Crippen molar-refractivity contribution in [2.24, 2.45) is 4.99 Å². The van der Waals surface area contributed by atoms with Gasteiger partial charge in [0.2, 0.25) is 5.95 Å². The Labute approximate surface area is 265 Å². The number of aliphatic hydroxyl groups excluding tert-OH is 1. The van der Waals surface area contributed by atoms with Crippen molar-refractivity contribution >= 4 is 23.3 Å². The normalized spacial score (nSPS) is 18.3. The van der Waals surface area contributed by atoms with Crippen LogP contribution in [0, 0.1) is 0 Å². The molecule has 0 amide bonds. The molecule has 0 bridgehead atoms. The number of fused-ring (bicyclic) bond motifs is 1. The molecule has 12 nitrogen and oxygen atoms in total. The maximum Gasteiger partial charge on any atom is 0.263 e. The van der Waals surface area contributed by atoms with Crippen molar-refractivity contribution < 1.29 is 24.1 Å². The zero-order valence-corrected chi connectivity index (χ0v) is 26.0. The van der Waals surface area contributed by atoms with Gasteiger partial charge in [0.05, 0.1) is 39.5 Å². The van der Waals surface area contributed by atoms with E-state index in [2.05, 4.69) is 20.1 Å². The molecular weight excluding hydrogens is 588 g/mol. The lowest BCUT2D eigenvalue weighted by molar-refractivity contribution is -0.0949. The first kappa shape index (κ1) is 31.0. The average molecular weight is 625 g/mol. The van der Waals surface area contributed by atoms with Crippen LogP contribution in [0.5, 0.6) is 11.5 Å². The number of aliphatic imine (C=N–C) groups is 1. The van der Waals surface area contributed by atoms with Crippen LogP contribution in [0.2, 0.25) is 0 Å². The van der Waals surface area contributed by atoms with Gasteiger partial charge in [-0.3, -0.25) is 9.78 Å². The van der Waals surface area contributed by atoms with E-state index in [1.807, 2.05) is 93.0 Å². The van der Waals surface area contributed by atoms with E-state index in [0.29, 0.717) is 22.5 Å². The zero-order chi connectivity index (χ0) is 32.3. The summed E-state index contributed by atoms with van der Waals surface area (Å²) in [4.78, 5) is 25.9. The third-order valence-electron chi connectivity index (χ3n) is 7.98. The lowest BCUT2D eigenvalue weighted by Gasteiger charge is -2.37. The number of benzene rings is 3. The van der Waals surface area contributed by atoms with Crippen molar-refractivity contribution in [2.45, 2.75) is 30.5 Å². The highest BCUT2D eigenvalue weighted by Crippen LogP contribution is 2.43. The Hall–Kier alpha value is -5.04. The summed E-state index contributed by atoms with van der Waals surface area (Å²) in [7, 11) is 6.88. The number of ether oxygens (including phenoxy) is 4. The van der Waals surface area contributed by atoms with Crippen LogP contribution in [0.3, 0.4) is 0 Å². The summed E-state index contributed by atoms with van der Waals surface area (Å²) in [5, 5.41) is 15.9. The van der Waals surface area contributed by atoms with Crippen molar-refractivity contribution in [2.75, 3.05) is 34.9 Å². The van der Waals surface area contributed by atoms with Gasteiger partial charge < -0.3 is 29.0 Å². The summed E-state index contributed by atoms with van der Waals surface area (Å²) in [6.07, 6.45) is 0.926. The average Bonchev–Trinajstić information content (AvgIpc) is 3.68. The monoisotopic (exact) mass is 624 g/mol. The van der Waals surface area contributed by atoms with Crippen LogP contribution in [0.1, 0.15) is 29.3 Å². The van der Waals surface area contributed by atoms with Crippen molar-refractivity contribution in [3.05, 3.63) is 112 Å². The maximum absolute atomic E-state index is 12.7. The van der Waals surface area contributed by atoms with E-state index in [4.69, 9.17) is 18.9 Å². The Balaban J connectivity index is 1.35. The molecule has 1 aliphatic rings. The summed E-state index contributed by atoms with van der Waals surface area (Å²) in [6.45, 7) is 0.0379. The minimum absolute atomic E-state index is 0.0379. The van der Waals surface area contributed by atoms with Crippen LogP contribution >= 0.6 is 0 Å². The molecule has 3 aromatic carbocycles. The first-order chi connectivity index (χ1) is 22.3. The first-order valence-corrected chi connectivity index (χ1v) is 14.8. The van der Waals surface area contributed by atoms with Crippen LogP contribution < -0.4 is 15.0 Å². The van der Waals surface area contributed by atoms with E-state index < -0.39 is 24.0 Å². The lowest BCUT2D eigenvalue weighted by atomic mass is 9.80. The highest BCUT2D eigenvalue weighted by molar-refractivity contribution is 5.74. The predicted molar refractivity (Wildman–Crippen MR) is 173 cm³/mol. The molecule has 0 spiro atoms. The quantitative estimate of drug-likeness (QED) is 0.127. The van der Waals surface area contributed by atoms with Gasteiger partial charge in [-0.05, 0) is 41.0 Å². The molecule has 0 radical (unpaired) electrons. The Kier molecular flexibility index (Phi) is 8.84. The number of H-pyrrole nitrogens is 1. The molecule has 0 saturated carbocycles. The molecule has 2 aromatic heterocycles. The minimum Gasteiger partial charge on any atom is -0.497 e. The van der Waals surface area contributed by atoms with E-state index in [9.17, 15) is 9.90 Å². The van der Waals surface area contributed by atoms with Crippen LogP contribution in [0.25, 0.3) is 11.0 Å². The van der Waals surface area contributed by atoms with Gasteiger partial charge in [0.25, 0.3) is 5.56 Å². The molecule has 1 aliphatic heterocycles. The zero-order valence-electron chi connectivity index (χ0n) is 26.0. The summed E-state index contributed by atoms with van der Waals surface area (Å²) >= 11 is 0. The second-order valence-corrected chi connectivity index (χ2v) is 11.2. The fourth-order valence-electron chi connectivity index (χ4n) is 5.66. The van der Waals surface area contributed by atoms with E-state index in [1.165, 1.54) is 10.9 Å². The molecule has 238 valence electrons. The fourth-order valence-corrected chi connectivity index (χ4v) is 5.66. The minimum atomic E-state index is -1.08. The van der Waals surface area contributed by atoms with Gasteiger partial charge in [-0.2, -0.15) is 10.1 Å². The van der Waals surface area contributed by atoms with Crippen LogP contribution in [-0.2, 0) is 15.1 Å². The van der Waals surface area contributed by atoms with Crippen LogP contribution in [0.15, 0.2) is 94.8 Å². The second-order valence-electron chi connectivity index (χ2n) is 11.2. The molecule has 46 heavy (non-hydrogen) atoms. The molecule has 3 heterocycles. The number of hydrogen-bond acceptors (Lipinski definition) is 9. The van der Waals surface area contributed by atoms with Gasteiger partial charge in [-0.25, -0.2) is 9.67 Å². The number of nitrogens with zero attached hydrogens (tertiary/aromatic N) is 5. The Morgan fingerprint density at radius 2 is 1.61 bits per heavy atom. The smallest absolute Gasteiger partial charge is 0.263 e. The Morgan fingerprint density at radius 1 is 1.00 bits per heavy atom. The molecular formula is C34H36N6O6. The van der Waals surface area contributed by atoms with Gasteiger partial charge in [0.15, 0.2) is 11.9 Å². The first-order valence-electron chi connectivity index (χ1n) is 14.8. The second kappa shape index (κ2) is 13.1. The SMILES string of the molecule is COc1ccc(C(OCC2OC(n3ncc4c(=O)[nH]c(N=CN(C)C)nc43)CC2O)(c2ccccc2)c2ccc(OC)cc2)cc1. The molecule has 5 aromatic rings. The summed E-state index contributed by atoms with van der Waals surface area (Å²) in [5.41, 5.74) is 1.48. The largest absolute Gasteiger partial charge is 0.497 e. The van der Waals surface area contributed by atoms with Gasteiger partial charge in [0, 0.05) is 20.5 Å². The lowest BCUT2D eigenvalue weighted by Crippen LogP contribution is -2.38. The standard InChI is InChI=1S/C34H36N6O6/c1-39(2)21-35-33-37-31-27(32(42)38-33)19-36-40(31)30-18-28(41)29(46-30)20-45-34(22-8-6-5-7-9-22,23-10-14-25(43-3)15-11-23)24-12-16-26(44-4)17-13-24/h5-17,19,21,28-30,41H,18,20H2,1-4H3,(H,37,38,42). The van der Waals surface area contributed by atoms with E-state index in [-0.39, 0.29) is 24.5 Å². The number of aromatic nitrogens is 4. The molecule has 3 unspecified atom stereocenters. The van der Waals surface area contributed by atoms with Crippen molar-refractivity contribution in [3.8, 4) is 11.5 Å². The Morgan fingerprint density at radius 3 is 2.20 bits per heavy atom. The number of rotatable bonds is 11. The maximum atomic E-state index is 12.7. The molecule has 1 fully saturated rings. The van der Waals surface area contributed by atoms with Crippen molar-refractivity contribution in [1.82, 2.24) is 24.6 Å². The third kappa shape index (κ3) is 5.97. The molecule has 1 saturated heterocycles. The highest BCUT2D eigenvalue weighted by Gasteiger charge is 2.42. The van der Waals surface area contributed by atoms with Gasteiger partial charge in [-0.1, -0.05) is 54.6 Å². The number of nitrogens with one attached hydrogen (secondary N) is 1. The highest BCUT2D eigenvalue weighted by atomic mass is 16.6.